The molecule has 0 aromatic carbocycles. The molecule has 15 heteroatoms. The fourth-order valence-electron chi connectivity index (χ4n) is 3.79. The SMILES string of the molecule is CC(O)[C@H]1O[C@@H](n2ccc(=O)[nH]c2=O)[C@H](O)[C@@H]1O.Cc1cn([C@H]2C[C@H](O)[C@@H](CO)O2)c(=O)[nH]c1=O. The number of aryl methyl sites for hydroxylation is 1. The summed E-state index contributed by atoms with van der Waals surface area (Å²) in [6, 6.07) is 1.10. The van der Waals surface area contributed by atoms with Crippen LogP contribution in [0.1, 0.15) is 31.4 Å². The number of aromatic nitrogens is 4. The van der Waals surface area contributed by atoms with Crippen molar-refractivity contribution in [2.75, 3.05) is 6.61 Å². The highest BCUT2D eigenvalue weighted by atomic mass is 16.6. The predicted molar refractivity (Wildman–Crippen MR) is 117 cm³/mol. The second-order valence-electron chi connectivity index (χ2n) is 8.32. The highest BCUT2D eigenvalue weighted by molar-refractivity contribution is 5.02. The Kier molecular flexibility index (Phi) is 8.22. The molecule has 0 bridgehead atoms. The Labute approximate surface area is 196 Å². The summed E-state index contributed by atoms with van der Waals surface area (Å²) in [6.45, 7) is 2.66. The monoisotopic (exact) mass is 500 g/mol. The number of ether oxygens (including phenoxy) is 2. The Balaban J connectivity index is 0.000000196. The van der Waals surface area contributed by atoms with Crippen molar-refractivity contribution < 1.29 is 35.0 Å². The number of aliphatic hydroxyl groups excluding tert-OH is 5. The average Bonchev–Trinajstić information content (AvgIpc) is 3.31. The molecule has 2 aromatic rings. The summed E-state index contributed by atoms with van der Waals surface area (Å²) in [6.07, 6.45) is -5.25. The summed E-state index contributed by atoms with van der Waals surface area (Å²) in [7, 11) is 0. The highest BCUT2D eigenvalue weighted by Crippen LogP contribution is 2.30. The largest absolute Gasteiger partial charge is 0.394 e. The zero-order valence-electron chi connectivity index (χ0n) is 18.8. The minimum atomic E-state index is -1.37. The quantitative estimate of drug-likeness (QED) is 0.214. The van der Waals surface area contributed by atoms with Gasteiger partial charge in [0.15, 0.2) is 6.23 Å². The molecule has 35 heavy (non-hydrogen) atoms. The van der Waals surface area contributed by atoms with Crippen LogP contribution in [-0.2, 0) is 9.47 Å². The smallest absolute Gasteiger partial charge is 0.330 e. The van der Waals surface area contributed by atoms with Gasteiger partial charge in [-0.15, -0.1) is 0 Å². The molecule has 2 aliphatic heterocycles. The lowest BCUT2D eigenvalue weighted by Gasteiger charge is -2.17. The number of hydrogen-bond donors (Lipinski definition) is 7. The van der Waals surface area contributed by atoms with E-state index in [-0.39, 0.29) is 13.0 Å². The fraction of sp³-hybridized carbons (Fsp3) is 0.600. The van der Waals surface area contributed by atoms with E-state index >= 15 is 0 Å². The molecule has 0 aliphatic carbocycles. The molecule has 2 aromatic heterocycles. The summed E-state index contributed by atoms with van der Waals surface area (Å²) in [5.74, 6) is 0. The number of rotatable bonds is 4. The van der Waals surface area contributed by atoms with Gasteiger partial charge in [-0.1, -0.05) is 0 Å². The Morgan fingerprint density at radius 1 is 1.06 bits per heavy atom. The minimum Gasteiger partial charge on any atom is -0.394 e. The fourth-order valence-corrected chi connectivity index (χ4v) is 3.79. The molecule has 2 aliphatic rings. The number of hydrogen-bond acceptors (Lipinski definition) is 11. The van der Waals surface area contributed by atoms with Crippen molar-refractivity contribution in [3.05, 3.63) is 65.7 Å². The second kappa shape index (κ2) is 10.8. The second-order valence-corrected chi connectivity index (χ2v) is 8.32. The zero-order valence-corrected chi connectivity index (χ0v) is 18.8. The molecule has 4 rings (SSSR count). The van der Waals surface area contributed by atoms with Crippen LogP contribution in [0.2, 0.25) is 0 Å². The zero-order chi connectivity index (χ0) is 26.0. The van der Waals surface area contributed by atoms with Gasteiger partial charge in [0, 0.05) is 30.4 Å². The maximum Gasteiger partial charge on any atom is 0.330 e. The van der Waals surface area contributed by atoms with Crippen molar-refractivity contribution in [3.8, 4) is 0 Å². The van der Waals surface area contributed by atoms with E-state index in [1.54, 1.807) is 6.92 Å². The molecule has 0 saturated carbocycles. The molecular weight excluding hydrogens is 472 g/mol. The summed E-state index contributed by atoms with van der Waals surface area (Å²) >= 11 is 0. The van der Waals surface area contributed by atoms with Crippen LogP contribution in [0.5, 0.6) is 0 Å². The summed E-state index contributed by atoms with van der Waals surface area (Å²) in [5, 5.41) is 47.3. The lowest BCUT2D eigenvalue weighted by molar-refractivity contribution is -0.0804. The highest BCUT2D eigenvalue weighted by Gasteiger charge is 2.46. The molecule has 7 N–H and O–H groups in total. The van der Waals surface area contributed by atoms with Crippen LogP contribution in [0, 0.1) is 6.92 Å². The topological polar surface area (TPSA) is 229 Å². The molecule has 1 unspecified atom stereocenters. The number of aliphatic hydroxyl groups is 5. The van der Waals surface area contributed by atoms with Gasteiger partial charge in [0.25, 0.3) is 11.1 Å². The van der Waals surface area contributed by atoms with Crippen LogP contribution < -0.4 is 22.5 Å². The van der Waals surface area contributed by atoms with Crippen molar-refractivity contribution in [3.63, 3.8) is 0 Å². The van der Waals surface area contributed by atoms with E-state index in [2.05, 4.69) is 4.98 Å². The van der Waals surface area contributed by atoms with Crippen LogP contribution >= 0.6 is 0 Å². The molecule has 0 spiro atoms. The van der Waals surface area contributed by atoms with Gasteiger partial charge in [0.05, 0.1) is 18.8 Å². The van der Waals surface area contributed by atoms with Crippen molar-refractivity contribution >= 4 is 0 Å². The standard InChI is InChI=1S/C10H14N2O6.C10H14N2O5/c1-4(13)8-6(15)7(16)9(18-8)12-3-2-5(14)11-10(12)17;1-5-3-12(10(16)11-9(5)15)8-2-6(14)7(4-13)17-8/h2-4,6-9,13,15-16H,1H3,(H,11,14,17);3,6-8,13-14H,2,4H2,1H3,(H,11,15,16)/t4?,6-,7+,8+,9+;6-,7+,8+/m00/s1. The van der Waals surface area contributed by atoms with Gasteiger partial charge in [-0.25, -0.2) is 9.59 Å². The van der Waals surface area contributed by atoms with Gasteiger partial charge < -0.3 is 35.0 Å². The number of nitrogens with one attached hydrogen (secondary N) is 2. The Bertz CT molecular complexity index is 1250. The number of aromatic amines is 2. The van der Waals surface area contributed by atoms with Gasteiger partial charge in [0.2, 0.25) is 0 Å². The van der Waals surface area contributed by atoms with E-state index in [9.17, 15) is 39.6 Å². The molecule has 2 saturated heterocycles. The third kappa shape index (κ3) is 5.67. The van der Waals surface area contributed by atoms with Gasteiger partial charge in [-0.05, 0) is 13.8 Å². The molecular formula is C20H28N4O11. The van der Waals surface area contributed by atoms with Crippen LogP contribution in [-0.4, -0.2) is 87.9 Å². The van der Waals surface area contributed by atoms with Crippen LogP contribution in [0.4, 0.5) is 0 Å². The molecule has 194 valence electrons. The number of nitrogens with zero attached hydrogens (tertiary/aromatic N) is 2. The van der Waals surface area contributed by atoms with Gasteiger partial charge >= 0.3 is 11.4 Å². The van der Waals surface area contributed by atoms with Gasteiger partial charge in [-0.2, -0.15) is 0 Å². The van der Waals surface area contributed by atoms with E-state index in [0.29, 0.717) is 5.56 Å². The first-order valence-corrected chi connectivity index (χ1v) is 10.7. The van der Waals surface area contributed by atoms with E-state index in [0.717, 1.165) is 16.8 Å². The lowest BCUT2D eigenvalue weighted by atomic mass is 10.1. The van der Waals surface area contributed by atoms with Crippen molar-refractivity contribution in [1.82, 2.24) is 19.1 Å². The first kappa shape index (κ1) is 26.7. The van der Waals surface area contributed by atoms with E-state index in [1.807, 2.05) is 4.98 Å². The van der Waals surface area contributed by atoms with Crippen LogP contribution in [0.15, 0.2) is 37.6 Å². The molecule has 15 nitrogen and oxygen atoms in total. The number of H-pyrrole nitrogens is 2. The van der Waals surface area contributed by atoms with E-state index in [1.165, 1.54) is 17.7 Å². The lowest BCUT2D eigenvalue weighted by Crippen LogP contribution is -2.38. The van der Waals surface area contributed by atoms with Crippen molar-refractivity contribution in [1.29, 1.82) is 0 Å². The first-order valence-electron chi connectivity index (χ1n) is 10.7. The Morgan fingerprint density at radius 3 is 2.26 bits per heavy atom. The normalized spacial score (nSPS) is 31.1. The van der Waals surface area contributed by atoms with Gasteiger partial charge in [-0.3, -0.25) is 28.7 Å². The molecule has 4 heterocycles. The predicted octanol–water partition coefficient (Wildman–Crippen LogP) is -3.98. The van der Waals surface area contributed by atoms with Crippen LogP contribution in [0.25, 0.3) is 0 Å². The maximum absolute atomic E-state index is 11.6. The third-order valence-corrected chi connectivity index (χ3v) is 5.72. The molecule has 2 fully saturated rings. The third-order valence-electron chi connectivity index (χ3n) is 5.72. The summed E-state index contributed by atoms with van der Waals surface area (Å²) < 4.78 is 12.7. The maximum atomic E-state index is 11.6. The van der Waals surface area contributed by atoms with E-state index < -0.39 is 71.6 Å². The van der Waals surface area contributed by atoms with E-state index in [4.69, 9.17) is 14.6 Å². The Morgan fingerprint density at radius 2 is 1.71 bits per heavy atom. The van der Waals surface area contributed by atoms with Crippen molar-refractivity contribution in [2.45, 2.75) is 69.3 Å². The summed E-state index contributed by atoms with van der Waals surface area (Å²) in [4.78, 5) is 49.4. The first-order chi connectivity index (χ1) is 16.4. The Hall–Kier alpha value is -2.92. The van der Waals surface area contributed by atoms with Crippen LogP contribution in [0.3, 0.4) is 0 Å². The molecule has 0 radical (unpaired) electrons. The van der Waals surface area contributed by atoms with Gasteiger partial charge in [0.1, 0.15) is 30.6 Å². The molecule has 0 amide bonds. The summed E-state index contributed by atoms with van der Waals surface area (Å²) in [5.41, 5.74) is -1.98. The average molecular weight is 500 g/mol. The minimum absolute atomic E-state index is 0.205. The molecule has 8 atom stereocenters. The van der Waals surface area contributed by atoms with Crippen molar-refractivity contribution in [2.24, 2.45) is 0 Å².